The van der Waals surface area contributed by atoms with Gasteiger partial charge in [0.2, 0.25) is 0 Å². The largest absolute Gasteiger partial charge is 0.462 e. The number of carbonyl (C=O) groups is 1. The maximum Gasteiger partial charge on any atom is 0.306 e. The average Bonchev–Trinajstić information content (AvgIpc) is 2.24. The molecule has 1 aliphatic heterocycles. The van der Waals surface area contributed by atoms with Crippen LogP contribution in [0, 0.1) is 5.41 Å². The van der Waals surface area contributed by atoms with Crippen molar-refractivity contribution in [3.05, 3.63) is 0 Å². The molecule has 126 valence electrons. The molecule has 6 heteroatoms. The zero-order chi connectivity index (χ0) is 15.8. The molecule has 1 saturated heterocycles. The van der Waals surface area contributed by atoms with Crippen LogP contribution in [0.3, 0.4) is 0 Å². The molecule has 21 heavy (non-hydrogen) atoms. The Morgan fingerprint density at radius 2 is 1.67 bits per heavy atom. The Morgan fingerprint density at radius 1 is 1.24 bits per heavy atom. The first kappa shape index (κ1) is 20.6. The van der Waals surface area contributed by atoms with Gasteiger partial charge in [-0.3, -0.25) is 4.79 Å². The van der Waals surface area contributed by atoms with Crippen LogP contribution in [-0.2, 0) is 9.53 Å². The quantitative estimate of drug-likeness (QED) is 0.778. The Bertz CT molecular complexity index is 351. The number of piperidine rings is 1. The molecular weight excluding hydrogens is 294 g/mol. The molecule has 1 rings (SSSR count). The second-order valence-corrected chi connectivity index (χ2v) is 7.96. The molecule has 1 fully saturated rings. The SMILES string of the molecule is CC(C)(CO)CC(=O)OC1CC(C)(C)N(O)C(C)(C)C1.Cl. The fraction of sp³-hybridized carbons (Fsp3) is 0.933. The van der Waals surface area contributed by atoms with Crippen molar-refractivity contribution in [3.8, 4) is 0 Å². The zero-order valence-corrected chi connectivity index (χ0v) is 14.8. The van der Waals surface area contributed by atoms with Crippen molar-refractivity contribution >= 4 is 18.4 Å². The summed E-state index contributed by atoms with van der Waals surface area (Å²) in [4.78, 5) is 12.0. The van der Waals surface area contributed by atoms with Crippen LogP contribution in [-0.4, -0.2) is 45.1 Å². The normalized spacial score (nSPS) is 22.5. The third-order valence-corrected chi connectivity index (χ3v) is 3.95. The third kappa shape index (κ3) is 5.40. The van der Waals surface area contributed by atoms with Crippen LogP contribution in [0.25, 0.3) is 0 Å². The lowest BCUT2D eigenvalue weighted by atomic mass is 9.80. The van der Waals surface area contributed by atoms with Crippen molar-refractivity contribution in [2.24, 2.45) is 5.41 Å². The molecule has 1 heterocycles. The minimum atomic E-state index is -0.459. The van der Waals surface area contributed by atoms with E-state index in [-0.39, 0.29) is 37.5 Å². The highest BCUT2D eigenvalue weighted by Gasteiger charge is 2.46. The number of halogens is 1. The van der Waals surface area contributed by atoms with Crippen molar-refractivity contribution in [1.82, 2.24) is 5.06 Å². The van der Waals surface area contributed by atoms with Crippen molar-refractivity contribution in [1.29, 1.82) is 0 Å². The van der Waals surface area contributed by atoms with Gasteiger partial charge in [0.1, 0.15) is 6.10 Å². The van der Waals surface area contributed by atoms with E-state index in [0.717, 1.165) is 0 Å². The predicted octanol–water partition coefficient (Wildman–Crippen LogP) is 2.77. The highest BCUT2D eigenvalue weighted by Crippen LogP contribution is 2.38. The van der Waals surface area contributed by atoms with Crippen LogP contribution >= 0.6 is 12.4 Å². The molecule has 0 atom stereocenters. The fourth-order valence-electron chi connectivity index (χ4n) is 2.94. The minimum absolute atomic E-state index is 0. The van der Waals surface area contributed by atoms with Gasteiger partial charge >= 0.3 is 5.97 Å². The van der Waals surface area contributed by atoms with Gasteiger partial charge < -0.3 is 15.1 Å². The molecule has 0 aromatic rings. The van der Waals surface area contributed by atoms with E-state index in [4.69, 9.17) is 4.74 Å². The van der Waals surface area contributed by atoms with E-state index in [1.165, 1.54) is 5.06 Å². The van der Waals surface area contributed by atoms with E-state index in [1.54, 1.807) is 0 Å². The van der Waals surface area contributed by atoms with Gasteiger partial charge in [0, 0.05) is 30.5 Å². The summed E-state index contributed by atoms with van der Waals surface area (Å²) in [5.74, 6) is -0.285. The van der Waals surface area contributed by atoms with Crippen LogP contribution in [0.2, 0.25) is 0 Å². The molecule has 1 aliphatic rings. The topological polar surface area (TPSA) is 70.0 Å². The van der Waals surface area contributed by atoms with Gasteiger partial charge in [-0.05, 0) is 33.1 Å². The first-order valence-electron chi connectivity index (χ1n) is 7.19. The highest BCUT2D eigenvalue weighted by molar-refractivity contribution is 5.85. The summed E-state index contributed by atoms with van der Waals surface area (Å²) >= 11 is 0. The number of aliphatic hydroxyl groups excluding tert-OH is 1. The van der Waals surface area contributed by atoms with Gasteiger partial charge in [-0.1, -0.05) is 13.8 Å². The Labute approximate surface area is 134 Å². The Balaban J connectivity index is 0.00000400. The molecule has 0 spiro atoms. The third-order valence-electron chi connectivity index (χ3n) is 3.95. The number of aliphatic hydroxyl groups is 1. The Hall–Kier alpha value is -0.360. The second kappa shape index (κ2) is 6.82. The maximum atomic E-state index is 12.0. The van der Waals surface area contributed by atoms with Crippen LogP contribution in [0.4, 0.5) is 0 Å². The number of ether oxygens (including phenoxy) is 1. The lowest BCUT2D eigenvalue weighted by molar-refractivity contribution is -0.259. The second-order valence-electron chi connectivity index (χ2n) is 7.96. The summed E-state index contributed by atoms with van der Waals surface area (Å²) in [6, 6.07) is 0. The number of hydrogen-bond donors (Lipinski definition) is 2. The predicted molar refractivity (Wildman–Crippen MR) is 83.6 cm³/mol. The summed E-state index contributed by atoms with van der Waals surface area (Å²) in [7, 11) is 0. The summed E-state index contributed by atoms with van der Waals surface area (Å²) in [5.41, 5.74) is -1.32. The molecule has 0 aromatic heterocycles. The number of hydroxylamine groups is 2. The van der Waals surface area contributed by atoms with Gasteiger partial charge in [0.05, 0.1) is 6.42 Å². The summed E-state index contributed by atoms with van der Waals surface area (Å²) < 4.78 is 5.56. The average molecular weight is 324 g/mol. The van der Waals surface area contributed by atoms with E-state index in [0.29, 0.717) is 12.8 Å². The van der Waals surface area contributed by atoms with Crippen LogP contribution < -0.4 is 0 Å². The maximum absolute atomic E-state index is 12.0. The van der Waals surface area contributed by atoms with E-state index in [9.17, 15) is 15.1 Å². The summed E-state index contributed by atoms with van der Waals surface area (Å²) in [6.07, 6.45) is 1.19. The van der Waals surface area contributed by atoms with Crippen LogP contribution in [0.1, 0.15) is 60.8 Å². The van der Waals surface area contributed by atoms with E-state index in [2.05, 4.69) is 0 Å². The fourth-order valence-corrected chi connectivity index (χ4v) is 2.94. The molecule has 2 N–H and O–H groups in total. The molecule has 0 aliphatic carbocycles. The lowest BCUT2D eigenvalue weighted by Crippen LogP contribution is -2.60. The molecule has 0 bridgehead atoms. The number of rotatable bonds is 4. The molecule has 0 saturated carbocycles. The first-order chi connectivity index (χ1) is 8.89. The standard InChI is InChI=1S/C15H29NO4.ClH/c1-13(2,10-17)9-12(18)20-11-7-14(3,4)16(19)15(5,6)8-11;/h11,17,19H,7-10H2,1-6H3;1H. The summed E-state index contributed by atoms with van der Waals surface area (Å²) in [6.45, 7) is 11.4. The smallest absolute Gasteiger partial charge is 0.306 e. The van der Waals surface area contributed by atoms with Crippen LogP contribution in [0.15, 0.2) is 0 Å². The molecule has 5 nitrogen and oxygen atoms in total. The molecule has 0 radical (unpaired) electrons. The van der Waals surface area contributed by atoms with Gasteiger partial charge in [0.15, 0.2) is 0 Å². The monoisotopic (exact) mass is 323 g/mol. The lowest BCUT2D eigenvalue weighted by Gasteiger charge is -2.50. The number of hydrogen-bond acceptors (Lipinski definition) is 5. The van der Waals surface area contributed by atoms with E-state index in [1.807, 2.05) is 41.5 Å². The summed E-state index contributed by atoms with van der Waals surface area (Å²) in [5, 5.41) is 20.8. The van der Waals surface area contributed by atoms with Crippen LogP contribution in [0.5, 0.6) is 0 Å². The molecule has 0 unspecified atom stereocenters. The first-order valence-corrected chi connectivity index (χ1v) is 7.19. The van der Waals surface area contributed by atoms with Gasteiger partial charge in [-0.25, -0.2) is 0 Å². The van der Waals surface area contributed by atoms with Crippen molar-refractivity contribution in [2.45, 2.75) is 78.0 Å². The number of nitrogens with zero attached hydrogens (tertiary/aromatic N) is 1. The Kier molecular flexibility index (Phi) is 6.70. The van der Waals surface area contributed by atoms with Gasteiger partial charge in [-0.2, -0.15) is 5.06 Å². The Morgan fingerprint density at radius 3 is 2.05 bits per heavy atom. The van der Waals surface area contributed by atoms with Crippen molar-refractivity contribution in [2.75, 3.05) is 6.61 Å². The van der Waals surface area contributed by atoms with Gasteiger partial charge in [-0.15, -0.1) is 12.4 Å². The van der Waals surface area contributed by atoms with Gasteiger partial charge in [0.25, 0.3) is 0 Å². The van der Waals surface area contributed by atoms with Crippen molar-refractivity contribution < 1.29 is 19.8 Å². The minimum Gasteiger partial charge on any atom is -0.462 e. The molecule has 0 aromatic carbocycles. The van der Waals surface area contributed by atoms with E-state index < -0.39 is 16.5 Å². The van der Waals surface area contributed by atoms with Crippen molar-refractivity contribution in [3.63, 3.8) is 0 Å². The molecule has 0 amide bonds. The number of carbonyl (C=O) groups excluding carboxylic acids is 1. The highest BCUT2D eigenvalue weighted by atomic mass is 35.5. The zero-order valence-electron chi connectivity index (χ0n) is 14.0. The van der Waals surface area contributed by atoms with E-state index >= 15 is 0 Å². The number of esters is 1. The molecular formula is C15H30ClNO4.